The number of alkyl halides is 7. The van der Waals surface area contributed by atoms with Crippen LogP contribution in [0.1, 0.15) is 51.9 Å². The number of fused-ring (bicyclic) bond motifs is 3. The average Bonchev–Trinajstić information content (AvgIpc) is 3.27. The zero-order chi connectivity index (χ0) is 32.3. The fraction of sp³-hybridized carbons (Fsp3) is 0.333. The van der Waals surface area contributed by atoms with E-state index >= 15 is 4.39 Å². The Kier molecular flexibility index (Phi) is 7.55. The van der Waals surface area contributed by atoms with Crippen molar-refractivity contribution in [1.82, 2.24) is 4.90 Å². The molecule has 1 amide bonds. The first-order valence-corrected chi connectivity index (χ1v) is 14.7. The normalized spacial score (nSPS) is 20.8. The maximum atomic E-state index is 15.0. The molecule has 232 valence electrons. The number of hydrogen-bond donors (Lipinski definition) is 0. The Balaban J connectivity index is 1.72. The molecule has 0 radical (unpaired) electrons. The van der Waals surface area contributed by atoms with Crippen LogP contribution >= 0.6 is 0 Å². The molecule has 14 heteroatoms. The Morgan fingerprint density at radius 2 is 1.52 bits per heavy atom. The molecule has 5 nitrogen and oxygen atoms in total. The number of likely N-dealkylation sites (tertiary alicyclic amines) is 1. The Morgan fingerprint density at radius 1 is 0.909 bits per heavy atom. The number of sulfone groups is 1. The van der Waals surface area contributed by atoms with E-state index in [0.29, 0.717) is 6.07 Å². The maximum Gasteiger partial charge on any atom is 0.435 e. The van der Waals surface area contributed by atoms with E-state index in [1.165, 1.54) is 29.2 Å². The summed E-state index contributed by atoms with van der Waals surface area (Å²) in [6, 6.07) is 11.5. The minimum atomic E-state index is -6.37. The van der Waals surface area contributed by atoms with Crippen molar-refractivity contribution in [3.05, 3.63) is 100 Å². The third kappa shape index (κ3) is 4.63. The minimum absolute atomic E-state index is 0.0221. The van der Waals surface area contributed by atoms with Crippen LogP contribution < -0.4 is 0 Å². The van der Waals surface area contributed by atoms with Gasteiger partial charge in [0.25, 0.3) is 5.91 Å². The number of nitriles is 1. The zero-order valence-electron chi connectivity index (χ0n) is 22.5. The quantitative estimate of drug-likeness (QED) is 0.229. The van der Waals surface area contributed by atoms with Crippen LogP contribution in [0.3, 0.4) is 0 Å². The summed E-state index contributed by atoms with van der Waals surface area (Å²) in [5.74, 6) is -1.36. The van der Waals surface area contributed by atoms with Crippen LogP contribution in [0.5, 0.6) is 0 Å². The molecular formula is C30H22F8N2O3S. The van der Waals surface area contributed by atoms with Gasteiger partial charge in [0, 0.05) is 17.7 Å². The van der Waals surface area contributed by atoms with Crippen LogP contribution in [0.15, 0.2) is 71.6 Å². The third-order valence-electron chi connectivity index (χ3n) is 8.43. The lowest BCUT2D eigenvalue weighted by Crippen LogP contribution is -2.51. The SMILES string of the molecule is N#Cc1ccc(C(=O)N2CC[C@]3(S(=O)(=O)c4ccc(F)cc4)c4ccc(C(F)(C(F)(F)F)C(F)(F)F)cc4CCC[C@H]23)cc1. The largest absolute Gasteiger partial charge is 0.435 e. The van der Waals surface area contributed by atoms with Gasteiger partial charge in [0.1, 0.15) is 10.6 Å². The zero-order valence-corrected chi connectivity index (χ0v) is 23.3. The van der Waals surface area contributed by atoms with Gasteiger partial charge in [-0.3, -0.25) is 4.79 Å². The second kappa shape index (κ2) is 10.6. The standard InChI is InChI=1S/C30H22F8N2O3S/c31-22-9-11-23(12-10-22)44(42,43)27-14-15-40(26(41)19-6-4-18(17-39)5-7-19)25(27)3-1-2-20-16-21(8-13-24(20)27)28(32,29(33,34)35)30(36,37)38/h4-13,16,25H,1-3,14-15H2/t25-,27-/m0/s1. The van der Waals surface area contributed by atoms with E-state index in [4.69, 9.17) is 5.26 Å². The molecule has 2 aliphatic rings. The van der Waals surface area contributed by atoms with Crippen molar-refractivity contribution in [2.75, 3.05) is 6.54 Å². The molecule has 0 unspecified atom stereocenters. The number of hydrogen-bond acceptors (Lipinski definition) is 4. The highest BCUT2D eigenvalue weighted by Gasteiger charge is 2.73. The Morgan fingerprint density at radius 3 is 2.09 bits per heavy atom. The van der Waals surface area contributed by atoms with Crippen LogP contribution in [-0.2, 0) is 26.7 Å². The third-order valence-corrected chi connectivity index (χ3v) is 11.0. The number of carbonyl (C=O) groups excluding carboxylic acids is 1. The summed E-state index contributed by atoms with van der Waals surface area (Å²) >= 11 is 0. The van der Waals surface area contributed by atoms with Gasteiger partial charge < -0.3 is 4.90 Å². The van der Waals surface area contributed by atoms with Crippen molar-refractivity contribution in [2.45, 2.75) is 59.4 Å². The molecule has 0 aromatic heterocycles. The van der Waals surface area contributed by atoms with Crippen LogP contribution in [0.2, 0.25) is 0 Å². The van der Waals surface area contributed by atoms with Gasteiger partial charge in [-0.2, -0.15) is 31.6 Å². The number of amides is 1. The van der Waals surface area contributed by atoms with Gasteiger partial charge in [-0.1, -0.05) is 18.2 Å². The van der Waals surface area contributed by atoms with E-state index in [2.05, 4.69) is 0 Å². The van der Waals surface area contributed by atoms with E-state index in [1.54, 1.807) is 0 Å². The molecule has 0 bridgehead atoms. The molecule has 2 atom stereocenters. The fourth-order valence-electron chi connectivity index (χ4n) is 6.34. The van der Waals surface area contributed by atoms with Crippen molar-refractivity contribution in [1.29, 1.82) is 5.26 Å². The van der Waals surface area contributed by atoms with E-state index < -0.39 is 55.9 Å². The predicted octanol–water partition coefficient (Wildman–Crippen LogP) is 6.91. The van der Waals surface area contributed by atoms with E-state index in [1.807, 2.05) is 6.07 Å². The Labute approximate surface area is 246 Å². The van der Waals surface area contributed by atoms with Crippen LogP contribution in [0, 0.1) is 17.1 Å². The first kappa shape index (κ1) is 31.4. The number of nitrogens with zero attached hydrogens (tertiary/aromatic N) is 2. The van der Waals surface area contributed by atoms with Gasteiger partial charge in [-0.25, -0.2) is 17.2 Å². The monoisotopic (exact) mass is 642 g/mol. The molecule has 0 saturated carbocycles. The summed E-state index contributed by atoms with van der Waals surface area (Å²) in [4.78, 5) is 14.6. The van der Waals surface area contributed by atoms with Crippen LogP contribution in [-0.4, -0.2) is 44.2 Å². The summed E-state index contributed by atoms with van der Waals surface area (Å²) in [5, 5.41) is 9.08. The lowest BCUT2D eigenvalue weighted by Gasteiger charge is -2.38. The highest BCUT2D eigenvalue weighted by molar-refractivity contribution is 7.92. The maximum absolute atomic E-state index is 15.0. The molecule has 1 aliphatic carbocycles. The van der Waals surface area contributed by atoms with Crippen molar-refractivity contribution in [3.8, 4) is 6.07 Å². The number of carbonyl (C=O) groups is 1. The van der Waals surface area contributed by atoms with Crippen molar-refractivity contribution < 1.29 is 48.3 Å². The number of benzene rings is 3. The van der Waals surface area contributed by atoms with Crippen molar-refractivity contribution >= 4 is 15.7 Å². The Bertz CT molecular complexity index is 1730. The van der Waals surface area contributed by atoms with E-state index in [0.717, 1.165) is 30.3 Å². The average molecular weight is 643 g/mol. The molecule has 3 aromatic rings. The molecule has 0 N–H and O–H groups in total. The van der Waals surface area contributed by atoms with Gasteiger partial charge in [0.2, 0.25) is 0 Å². The first-order valence-electron chi connectivity index (χ1n) is 13.3. The smallest absolute Gasteiger partial charge is 0.334 e. The number of rotatable bonds is 4. The molecule has 5 rings (SSSR count). The fourth-order valence-corrected chi connectivity index (χ4v) is 8.71. The summed E-state index contributed by atoms with van der Waals surface area (Å²) in [6.07, 6.45) is -13.2. The molecule has 0 spiro atoms. The molecule has 3 aromatic carbocycles. The lowest BCUT2D eigenvalue weighted by molar-refractivity contribution is -0.348. The molecular weight excluding hydrogens is 620 g/mol. The van der Waals surface area contributed by atoms with E-state index in [9.17, 15) is 43.9 Å². The second-order valence-electron chi connectivity index (χ2n) is 10.7. The summed E-state index contributed by atoms with van der Waals surface area (Å²) in [7, 11) is -4.62. The Hall–Kier alpha value is -3.99. The number of aryl methyl sites for hydroxylation is 1. The highest BCUT2D eigenvalue weighted by Crippen LogP contribution is 2.56. The first-order chi connectivity index (χ1) is 20.5. The topological polar surface area (TPSA) is 78.2 Å². The lowest BCUT2D eigenvalue weighted by atomic mass is 9.84. The van der Waals surface area contributed by atoms with Crippen LogP contribution in [0.4, 0.5) is 35.1 Å². The van der Waals surface area contributed by atoms with Crippen molar-refractivity contribution in [2.24, 2.45) is 0 Å². The minimum Gasteiger partial charge on any atom is -0.334 e. The second-order valence-corrected chi connectivity index (χ2v) is 12.9. The molecule has 1 heterocycles. The molecule has 44 heavy (non-hydrogen) atoms. The van der Waals surface area contributed by atoms with Crippen molar-refractivity contribution in [3.63, 3.8) is 0 Å². The molecule has 1 fully saturated rings. The molecule has 1 aliphatic heterocycles. The highest BCUT2D eigenvalue weighted by atomic mass is 32.2. The molecule has 1 saturated heterocycles. The summed E-state index contributed by atoms with van der Waals surface area (Å²) in [6.45, 7) is -0.163. The van der Waals surface area contributed by atoms with Gasteiger partial charge in [-0.15, -0.1) is 0 Å². The van der Waals surface area contributed by atoms with Gasteiger partial charge >= 0.3 is 18.0 Å². The van der Waals surface area contributed by atoms with Gasteiger partial charge in [-0.05, 0) is 85.3 Å². The number of halogens is 8. The van der Waals surface area contributed by atoms with Gasteiger partial charge in [0.05, 0.1) is 22.6 Å². The van der Waals surface area contributed by atoms with Gasteiger partial charge in [0.15, 0.2) is 9.84 Å². The van der Waals surface area contributed by atoms with E-state index in [-0.39, 0.29) is 65.4 Å². The summed E-state index contributed by atoms with van der Waals surface area (Å²) in [5.41, 5.74) is -7.48. The summed E-state index contributed by atoms with van der Waals surface area (Å²) < 4.78 is 137. The predicted molar refractivity (Wildman–Crippen MR) is 140 cm³/mol. The van der Waals surface area contributed by atoms with Crippen LogP contribution in [0.25, 0.3) is 0 Å².